The molecule has 6 rings (SSSR count). The molecule has 0 saturated carbocycles. The van der Waals surface area contributed by atoms with Crippen LogP contribution >= 0.6 is 23.2 Å². The molecule has 3 aromatic heterocycles. The van der Waals surface area contributed by atoms with Crippen molar-refractivity contribution in [1.29, 1.82) is 0 Å². The number of imidazole rings is 1. The van der Waals surface area contributed by atoms with Crippen LogP contribution < -0.4 is 25.0 Å². The average molecular weight is 649 g/mol. The van der Waals surface area contributed by atoms with Gasteiger partial charge in [0.05, 0.1) is 48.3 Å². The zero-order chi connectivity index (χ0) is 31.7. The number of anilines is 4. The molecular formula is C32H31Cl2N7O4. The van der Waals surface area contributed by atoms with Crippen molar-refractivity contribution < 1.29 is 19.0 Å². The summed E-state index contributed by atoms with van der Waals surface area (Å²) in [7, 11) is 4.76. The van der Waals surface area contributed by atoms with Crippen molar-refractivity contribution in [3.63, 3.8) is 0 Å². The number of benzene rings is 2. The minimum absolute atomic E-state index is 0.269. The number of hydrogen-bond donors (Lipinski definition) is 2. The largest absolute Gasteiger partial charge is 0.495 e. The van der Waals surface area contributed by atoms with Gasteiger partial charge in [-0.25, -0.2) is 9.97 Å². The van der Waals surface area contributed by atoms with E-state index in [1.165, 1.54) is 20.3 Å². The molecular weight excluding hydrogens is 617 g/mol. The fourth-order valence-electron chi connectivity index (χ4n) is 5.71. The van der Waals surface area contributed by atoms with Gasteiger partial charge in [-0.05, 0) is 43.2 Å². The zero-order valence-electron chi connectivity index (χ0n) is 24.9. The maximum absolute atomic E-state index is 12.4. The molecule has 11 nitrogen and oxygen atoms in total. The first kappa shape index (κ1) is 30.4. The minimum atomic E-state index is -0.330. The van der Waals surface area contributed by atoms with Gasteiger partial charge < -0.3 is 29.7 Å². The fourth-order valence-corrected chi connectivity index (χ4v) is 6.41. The van der Waals surface area contributed by atoms with Gasteiger partial charge in [-0.1, -0.05) is 29.8 Å². The summed E-state index contributed by atoms with van der Waals surface area (Å²) in [5.41, 5.74) is 4.52. The standard InChI is InChI=1S/C32H31Cl2N7O4/c1-5-26(42)37-23-14-19(40-11-6-7-20(40)17-43-2)8-9-22(23)38-32-36-16-18-13-21(31-35-10-12-41(31)30(18)39-32)27-28(33)24(44-3)15-25(45-4)29(27)34/h5,8-10,12-16,20H,1,6-7,11,17H2,2-4H3,(H,37,42)(H,36,38,39). The third-order valence-corrected chi connectivity index (χ3v) is 8.56. The van der Waals surface area contributed by atoms with Gasteiger partial charge in [0.2, 0.25) is 11.9 Å². The van der Waals surface area contributed by atoms with Crippen LogP contribution in [-0.4, -0.2) is 65.8 Å². The Hall–Kier alpha value is -4.58. The van der Waals surface area contributed by atoms with Crippen molar-refractivity contribution in [1.82, 2.24) is 19.4 Å². The predicted octanol–water partition coefficient (Wildman–Crippen LogP) is 6.75. The van der Waals surface area contributed by atoms with Crippen molar-refractivity contribution in [3.8, 4) is 22.6 Å². The highest BCUT2D eigenvalue weighted by Gasteiger charge is 2.26. The molecule has 0 radical (unpaired) electrons. The molecule has 5 aromatic rings. The van der Waals surface area contributed by atoms with E-state index in [0.717, 1.165) is 25.1 Å². The highest BCUT2D eigenvalue weighted by atomic mass is 35.5. The van der Waals surface area contributed by atoms with E-state index < -0.39 is 0 Å². The highest BCUT2D eigenvalue weighted by Crippen LogP contribution is 2.47. The third kappa shape index (κ3) is 5.70. The van der Waals surface area contributed by atoms with Crippen LogP contribution in [0.15, 0.2) is 61.6 Å². The second kappa shape index (κ2) is 12.8. The lowest BCUT2D eigenvalue weighted by Gasteiger charge is -2.27. The van der Waals surface area contributed by atoms with Crippen LogP contribution in [0.4, 0.5) is 23.0 Å². The van der Waals surface area contributed by atoms with E-state index in [0.29, 0.717) is 73.3 Å². The number of halogens is 2. The maximum atomic E-state index is 12.4. The Labute approximate surface area is 269 Å². The second-order valence-corrected chi connectivity index (χ2v) is 11.2. The van der Waals surface area contributed by atoms with Crippen LogP contribution in [0.25, 0.3) is 27.8 Å². The number of carbonyl (C=O) groups is 1. The fraction of sp³-hybridized carbons (Fsp3) is 0.250. The van der Waals surface area contributed by atoms with Crippen LogP contribution in [0, 0.1) is 0 Å². The number of fused-ring (bicyclic) bond motifs is 3. The first-order chi connectivity index (χ1) is 21.9. The van der Waals surface area contributed by atoms with Crippen LogP contribution in [-0.2, 0) is 9.53 Å². The number of carbonyl (C=O) groups excluding carboxylic acids is 1. The molecule has 1 aliphatic rings. The van der Waals surface area contributed by atoms with Crippen LogP contribution in [0.1, 0.15) is 12.8 Å². The van der Waals surface area contributed by atoms with Gasteiger partial charge in [0.1, 0.15) is 17.1 Å². The Morgan fingerprint density at radius 1 is 1.07 bits per heavy atom. The van der Waals surface area contributed by atoms with Crippen molar-refractivity contribution in [3.05, 3.63) is 71.6 Å². The Kier molecular flexibility index (Phi) is 8.66. The van der Waals surface area contributed by atoms with Crippen LogP contribution in [0.5, 0.6) is 11.5 Å². The Morgan fingerprint density at radius 2 is 1.84 bits per heavy atom. The molecule has 4 heterocycles. The first-order valence-corrected chi connectivity index (χ1v) is 15.0. The maximum Gasteiger partial charge on any atom is 0.247 e. The van der Waals surface area contributed by atoms with Gasteiger partial charge in [0.15, 0.2) is 5.65 Å². The monoisotopic (exact) mass is 647 g/mol. The smallest absolute Gasteiger partial charge is 0.247 e. The highest BCUT2D eigenvalue weighted by molar-refractivity contribution is 6.41. The molecule has 1 aliphatic heterocycles. The SMILES string of the molecule is C=CC(=O)Nc1cc(N2CCCC2COC)ccc1Nc1ncc2cc(-c3c(Cl)c(OC)cc(OC)c3Cl)c3nccn3c2n1. The zero-order valence-corrected chi connectivity index (χ0v) is 26.4. The second-order valence-electron chi connectivity index (χ2n) is 10.4. The molecule has 1 atom stereocenters. The van der Waals surface area contributed by atoms with E-state index >= 15 is 0 Å². The molecule has 2 N–H and O–H groups in total. The number of pyridine rings is 1. The topological polar surface area (TPSA) is 115 Å². The normalized spacial score (nSPS) is 14.6. The number of nitrogens with one attached hydrogen (secondary N) is 2. The van der Waals surface area contributed by atoms with Gasteiger partial charge in [-0.3, -0.25) is 9.20 Å². The van der Waals surface area contributed by atoms with Crippen LogP contribution in [0.2, 0.25) is 10.0 Å². The number of hydrogen-bond acceptors (Lipinski definition) is 9. The van der Waals surface area contributed by atoms with Gasteiger partial charge in [0.25, 0.3) is 0 Å². The summed E-state index contributed by atoms with van der Waals surface area (Å²) < 4.78 is 18.2. The van der Waals surface area contributed by atoms with Gasteiger partial charge in [-0.2, -0.15) is 4.98 Å². The summed E-state index contributed by atoms with van der Waals surface area (Å²) >= 11 is 13.5. The molecule has 1 unspecified atom stereocenters. The molecule has 1 saturated heterocycles. The lowest BCUT2D eigenvalue weighted by atomic mass is 10.0. The lowest BCUT2D eigenvalue weighted by Crippen LogP contribution is -2.32. The Bertz CT molecular complexity index is 1900. The first-order valence-electron chi connectivity index (χ1n) is 14.2. The van der Waals surface area contributed by atoms with Gasteiger partial charge in [0, 0.05) is 60.5 Å². The average Bonchev–Trinajstić information content (AvgIpc) is 3.73. The Balaban J connectivity index is 1.41. The van der Waals surface area contributed by atoms with E-state index in [2.05, 4.69) is 32.1 Å². The van der Waals surface area contributed by atoms with Crippen molar-refractivity contribution in [2.24, 2.45) is 0 Å². The summed E-state index contributed by atoms with van der Waals surface area (Å²) in [5, 5.41) is 7.55. The summed E-state index contributed by atoms with van der Waals surface area (Å²) in [4.78, 5) is 28.7. The van der Waals surface area contributed by atoms with E-state index in [1.54, 1.807) is 31.8 Å². The molecule has 1 fully saturated rings. The molecule has 13 heteroatoms. The van der Waals surface area contributed by atoms with Gasteiger partial charge >= 0.3 is 0 Å². The molecule has 232 valence electrons. The molecule has 45 heavy (non-hydrogen) atoms. The van der Waals surface area contributed by atoms with Crippen molar-refractivity contribution in [2.45, 2.75) is 18.9 Å². The van der Waals surface area contributed by atoms with E-state index in [1.807, 2.05) is 28.7 Å². The molecule has 1 amide bonds. The van der Waals surface area contributed by atoms with E-state index in [-0.39, 0.29) is 11.9 Å². The quantitative estimate of drug-likeness (QED) is 0.159. The molecule has 0 bridgehead atoms. The molecule has 0 spiro atoms. The number of aromatic nitrogens is 4. The summed E-state index contributed by atoms with van der Waals surface area (Å²) in [6.45, 7) is 5.14. The van der Waals surface area contributed by atoms with Crippen molar-refractivity contribution >= 4 is 68.8 Å². The summed E-state index contributed by atoms with van der Waals surface area (Å²) in [5.74, 6) is 0.823. The summed E-state index contributed by atoms with van der Waals surface area (Å²) in [6, 6.07) is 9.64. The van der Waals surface area contributed by atoms with Crippen LogP contribution in [0.3, 0.4) is 0 Å². The number of methoxy groups -OCH3 is 3. The molecule has 2 aromatic carbocycles. The minimum Gasteiger partial charge on any atom is -0.495 e. The third-order valence-electron chi connectivity index (χ3n) is 7.81. The summed E-state index contributed by atoms with van der Waals surface area (Å²) in [6.07, 6.45) is 8.51. The lowest BCUT2D eigenvalue weighted by molar-refractivity contribution is -0.111. The number of amides is 1. The van der Waals surface area contributed by atoms with E-state index in [4.69, 9.17) is 42.4 Å². The van der Waals surface area contributed by atoms with E-state index in [9.17, 15) is 4.79 Å². The Morgan fingerprint density at radius 3 is 2.56 bits per heavy atom. The molecule has 0 aliphatic carbocycles. The predicted molar refractivity (Wildman–Crippen MR) is 178 cm³/mol. The number of rotatable bonds is 10. The van der Waals surface area contributed by atoms with Gasteiger partial charge in [-0.15, -0.1) is 0 Å². The number of nitrogens with zero attached hydrogens (tertiary/aromatic N) is 5. The number of ether oxygens (including phenoxy) is 3. The van der Waals surface area contributed by atoms with Crippen molar-refractivity contribution in [2.75, 3.05) is 50.0 Å².